The van der Waals surface area contributed by atoms with Crippen LogP contribution in [0.4, 0.5) is 8.78 Å². The molecule has 1 N–H and O–H groups in total. The summed E-state index contributed by atoms with van der Waals surface area (Å²) in [5.41, 5.74) is 1.55. The molecule has 0 aromatic heterocycles. The molecule has 3 atom stereocenters. The van der Waals surface area contributed by atoms with Crippen LogP contribution in [0.15, 0.2) is 23.8 Å². The molecule has 1 aromatic carbocycles. The minimum Gasteiger partial charge on any atom is -0.388 e. The Morgan fingerprint density at radius 1 is 1.21 bits per heavy atom. The third-order valence-electron chi connectivity index (χ3n) is 3.90. The van der Waals surface area contributed by atoms with Gasteiger partial charge in [0.15, 0.2) is 11.6 Å². The summed E-state index contributed by atoms with van der Waals surface area (Å²) in [4.78, 5) is 0. The highest BCUT2D eigenvalue weighted by molar-refractivity contribution is 5.28. The molecular formula is C16H20F2O. The van der Waals surface area contributed by atoms with E-state index >= 15 is 0 Å². The van der Waals surface area contributed by atoms with Crippen molar-refractivity contribution in [2.24, 2.45) is 11.8 Å². The maximum absolute atomic E-state index is 13.9. The van der Waals surface area contributed by atoms with E-state index in [4.69, 9.17) is 0 Å². The van der Waals surface area contributed by atoms with Gasteiger partial charge in [0.1, 0.15) is 0 Å². The van der Waals surface area contributed by atoms with Gasteiger partial charge in [-0.3, -0.25) is 0 Å². The normalized spacial score (nSPS) is 25.1. The molecule has 0 fully saturated rings. The molecule has 0 spiro atoms. The van der Waals surface area contributed by atoms with Crippen LogP contribution in [0, 0.1) is 30.4 Å². The molecule has 1 nitrogen and oxygen atoms in total. The van der Waals surface area contributed by atoms with Crippen LogP contribution < -0.4 is 0 Å². The van der Waals surface area contributed by atoms with E-state index in [0.29, 0.717) is 5.92 Å². The molecule has 0 heterocycles. The predicted octanol–water partition coefficient (Wildman–Crippen LogP) is 4.30. The van der Waals surface area contributed by atoms with E-state index in [0.717, 1.165) is 12.8 Å². The summed E-state index contributed by atoms with van der Waals surface area (Å²) in [6.07, 6.45) is 2.77. The lowest BCUT2D eigenvalue weighted by Crippen LogP contribution is -2.20. The van der Waals surface area contributed by atoms with Gasteiger partial charge in [0.25, 0.3) is 0 Å². The average Bonchev–Trinajstić information content (AvgIpc) is 2.34. The molecule has 0 amide bonds. The number of rotatable bonds is 2. The lowest BCUT2D eigenvalue weighted by atomic mass is 9.78. The minimum atomic E-state index is -0.943. The molecule has 1 aliphatic rings. The standard InChI is InChI=1S/C16H20F2O/c1-9-6-10(2)8-12(7-9)16(19)13-5-4-11(3)14(17)15(13)18/h4-6,9,12,16,19H,7-8H2,1-3H3. The number of hydrogen-bond donors (Lipinski definition) is 1. The Hall–Kier alpha value is -1.22. The van der Waals surface area contributed by atoms with Crippen LogP contribution in [0.1, 0.15) is 43.9 Å². The minimum absolute atomic E-state index is 0.0448. The second-order valence-corrected chi connectivity index (χ2v) is 5.73. The first-order chi connectivity index (χ1) is 8.90. The first-order valence-corrected chi connectivity index (χ1v) is 6.70. The zero-order chi connectivity index (χ0) is 14.2. The van der Waals surface area contributed by atoms with Crippen LogP contribution in [-0.2, 0) is 0 Å². The average molecular weight is 266 g/mol. The maximum Gasteiger partial charge on any atom is 0.164 e. The van der Waals surface area contributed by atoms with Gasteiger partial charge in [-0.05, 0) is 44.1 Å². The molecule has 0 saturated heterocycles. The van der Waals surface area contributed by atoms with Crippen molar-refractivity contribution in [3.05, 3.63) is 46.5 Å². The number of allylic oxidation sites excluding steroid dienone is 2. The second kappa shape index (κ2) is 5.41. The van der Waals surface area contributed by atoms with Crippen LogP contribution in [-0.4, -0.2) is 5.11 Å². The van der Waals surface area contributed by atoms with E-state index in [1.807, 2.05) is 6.92 Å². The molecule has 2 rings (SSSR count). The third-order valence-corrected chi connectivity index (χ3v) is 3.90. The van der Waals surface area contributed by atoms with E-state index in [1.165, 1.54) is 24.6 Å². The number of aliphatic hydroxyl groups excluding tert-OH is 1. The van der Waals surface area contributed by atoms with Crippen molar-refractivity contribution >= 4 is 0 Å². The summed E-state index contributed by atoms with van der Waals surface area (Å²) in [6.45, 7) is 5.61. The molecule has 0 bridgehead atoms. The number of aliphatic hydroxyl groups is 1. The number of hydrogen-bond acceptors (Lipinski definition) is 1. The Morgan fingerprint density at radius 2 is 1.89 bits per heavy atom. The molecule has 0 saturated carbocycles. The van der Waals surface area contributed by atoms with Gasteiger partial charge in [-0.25, -0.2) is 8.78 Å². The summed E-state index contributed by atoms with van der Waals surface area (Å²) in [5, 5.41) is 10.3. The highest BCUT2D eigenvalue weighted by Crippen LogP contribution is 2.37. The van der Waals surface area contributed by atoms with Crippen LogP contribution in [0.3, 0.4) is 0 Å². The van der Waals surface area contributed by atoms with Crippen molar-refractivity contribution in [1.82, 2.24) is 0 Å². The summed E-state index contributed by atoms with van der Waals surface area (Å²) >= 11 is 0. The van der Waals surface area contributed by atoms with E-state index in [-0.39, 0.29) is 17.0 Å². The number of aryl methyl sites for hydroxylation is 1. The van der Waals surface area contributed by atoms with Crippen molar-refractivity contribution in [2.75, 3.05) is 0 Å². The Kier molecular flexibility index (Phi) is 4.04. The monoisotopic (exact) mass is 266 g/mol. The van der Waals surface area contributed by atoms with Gasteiger partial charge in [-0.2, -0.15) is 0 Å². The summed E-state index contributed by atoms with van der Waals surface area (Å²) in [6, 6.07) is 3.02. The fourth-order valence-corrected chi connectivity index (χ4v) is 2.98. The van der Waals surface area contributed by atoms with Crippen molar-refractivity contribution in [1.29, 1.82) is 0 Å². The van der Waals surface area contributed by atoms with E-state index < -0.39 is 17.7 Å². The highest BCUT2D eigenvalue weighted by atomic mass is 19.2. The predicted molar refractivity (Wildman–Crippen MR) is 71.7 cm³/mol. The zero-order valence-corrected chi connectivity index (χ0v) is 11.6. The van der Waals surface area contributed by atoms with Gasteiger partial charge in [-0.15, -0.1) is 0 Å². The quantitative estimate of drug-likeness (QED) is 0.791. The topological polar surface area (TPSA) is 20.2 Å². The third kappa shape index (κ3) is 2.86. The molecule has 0 aliphatic heterocycles. The first kappa shape index (κ1) is 14.2. The largest absolute Gasteiger partial charge is 0.388 e. The lowest BCUT2D eigenvalue weighted by Gasteiger charge is -2.30. The molecule has 1 aliphatic carbocycles. The lowest BCUT2D eigenvalue weighted by molar-refractivity contribution is 0.0891. The molecular weight excluding hydrogens is 246 g/mol. The van der Waals surface area contributed by atoms with Gasteiger partial charge in [0, 0.05) is 5.56 Å². The summed E-state index contributed by atoms with van der Waals surface area (Å²) in [5.74, 6) is -1.44. The Balaban J connectivity index is 2.28. The fraction of sp³-hybridized carbons (Fsp3) is 0.500. The van der Waals surface area contributed by atoms with E-state index in [2.05, 4.69) is 13.0 Å². The molecule has 19 heavy (non-hydrogen) atoms. The zero-order valence-electron chi connectivity index (χ0n) is 11.6. The van der Waals surface area contributed by atoms with E-state index in [1.54, 1.807) is 0 Å². The Morgan fingerprint density at radius 3 is 2.53 bits per heavy atom. The Labute approximate surface area is 113 Å². The second-order valence-electron chi connectivity index (χ2n) is 5.73. The fourth-order valence-electron chi connectivity index (χ4n) is 2.98. The highest BCUT2D eigenvalue weighted by Gasteiger charge is 2.28. The summed E-state index contributed by atoms with van der Waals surface area (Å²) < 4.78 is 27.5. The van der Waals surface area contributed by atoms with Crippen molar-refractivity contribution in [2.45, 2.75) is 39.7 Å². The molecule has 3 unspecified atom stereocenters. The van der Waals surface area contributed by atoms with Gasteiger partial charge in [0.2, 0.25) is 0 Å². The van der Waals surface area contributed by atoms with Crippen LogP contribution in [0.25, 0.3) is 0 Å². The van der Waals surface area contributed by atoms with Gasteiger partial charge < -0.3 is 5.11 Å². The van der Waals surface area contributed by atoms with Gasteiger partial charge in [-0.1, -0.05) is 30.7 Å². The summed E-state index contributed by atoms with van der Waals surface area (Å²) in [7, 11) is 0. The van der Waals surface area contributed by atoms with E-state index in [9.17, 15) is 13.9 Å². The first-order valence-electron chi connectivity index (χ1n) is 6.70. The van der Waals surface area contributed by atoms with Crippen molar-refractivity contribution < 1.29 is 13.9 Å². The maximum atomic E-state index is 13.9. The van der Waals surface area contributed by atoms with Gasteiger partial charge in [0.05, 0.1) is 6.10 Å². The van der Waals surface area contributed by atoms with Crippen LogP contribution in [0.5, 0.6) is 0 Å². The molecule has 104 valence electrons. The van der Waals surface area contributed by atoms with Crippen LogP contribution in [0.2, 0.25) is 0 Å². The molecule has 0 radical (unpaired) electrons. The molecule has 3 heteroatoms. The number of benzene rings is 1. The van der Waals surface area contributed by atoms with Gasteiger partial charge >= 0.3 is 0 Å². The number of halogens is 2. The van der Waals surface area contributed by atoms with Crippen molar-refractivity contribution in [3.8, 4) is 0 Å². The Bertz CT molecular complexity index is 508. The van der Waals surface area contributed by atoms with Crippen LogP contribution >= 0.6 is 0 Å². The smallest absolute Gasteiger partial charge is 0.164 e. The molecule has 1 aromatic rings. The SMILES string of the molecule is CC1=CC(C)CC(C(O)c2ccc(C)c(F)c2F)C1. The van der Waals surface area contributed by atoms with Crippen molar-refractivity contribution in [3.63, 3.8) is 0 Å².